The Bertz CT molecular complexity index is 246. The molecule has 3 heteroatoms. The van der Waals surface area contributed by atoms with Gasteiger partial charge in [-0.05, 0) is 19.3 Å². The number of carbonyl (C=O) groups excluding carboxylic acids is 1. The number of hydrogen-bond acceptors (Lipinski definition) is 2. The third-order valence-corrected chi connectivity index (χ3v) is 2.07. The van der Waals surface area contributed by atoms with Crippen LogP contribution in [-0.4, -0.2) is 25.1 Å². The topological polar surface area (TPSA) is 29.5 Å². The molecule has 0 saturated carbocycles. The highest BCUT2D eigenvalue weighted by atomic mass is 16.7. The third-order valence-electron chi connectivity index (χ3n) is 2.07. The SMILES string of the molecule is C1=CCCC=C1.C=CCCC(=O)N(C)OC.CC.CC.CC. The van der Waals surface area contributed by atoms with Gasteiger partial charge in [0.1, 0.15) is 0 Å². The van der Waals surface area contributed by atoms with Gasteiger partial charge in [-0.1, -0.05) is 71.9 Å². The van der Waals surface area contributed by atoms with Crippen molar-refractivity contribution >= 4 is 5.91 Å². The van der Waals surface area contributed by atoms with Crippen LogP contribution >= 0.6 is 0 Å². The molecule has 0 unspecified atom stereocenters. The molecule has 0 fully saturated rings. The normalized spacial score (nSPS) is 10.0. The Labute approximate surface area is 139 Å². The second-order valence-electron chi connectivity index (χ2n) is 3.33. The fraction of sp³-hybridized carbons (Fsp3) is 0.632. The average molecular weight is 314 g/mol. The zero-order chi connectivity index (χ0) is 18.2. The van der Waals surface area contributed by atoms with Gasteiger partial charge in [0.15, 0.2) is 0 Å². The first-order chi connectivity index (χ1) is 10.7. The summed E-state index contributed by atoms with van der Waals surface area (Å²) in [6.45, 7) is 15.5. The van der Waals surface area contributed by atoms with E-state index in [1.54, 1.807) is 13.1 Å². The first-order valence-electron chi connectivity index (χ1n) is 8.45. The van der Waals surface area contributed by atoms with Gasteiger partial charge in [-0.3, -0.25) is 9.63 Å². The number of hydroxylamine groups is 2. The lowest BCUT2D eigenvalue weighted by molar-refractivity contribution is -0.168. The molecule has 1 aliphatic carbocycles. The van der Waals surface area contributed by atoms with Crippen LogP contribution in [0.3, 0.4) is 0 Å². The van der Waals surface area contributed by atoms with Crippen LogP contribution in [-0.2, 0) is 9.63 Å². The Kier molecular flexibility index (Phi) is 41.6. The van der Waals surface area contributed by atoms with Gasteiger partial charge in [0.05, 0.1) is 7.11 Å². The van der Waals surface area contributed by atoms with Crippen molar-refractivity contribution in [2.75, 3.05) is 14.2 Å². The second kappa shape index (κ2) is 31.8. The van der Waals surface area contributed by atoms with Gasteiger partial charge in [0.2, 0.25) is 5.91 Å². The highest BCUT2D eigenvalue weighted by Crippen LogP contribution is 1.98. The van der Waals surface area contributed by atoms with Crippen LogP contribution in [0.2, 0.25) is 0 Å². The molecule has 0 heterocycles. The molecule has 0 aliphatic heterocycles. The predicted molar refractivity (Wildman–Crippen MR) is 101 cm³/mol. The number of carbonyl (C=O) groups is 1. The molecular weight excluding hydrogens is 274 g/mol. The molecule has 3 nitrogen and oxygen atoms in total. The summed E-state index contributed by atoms with van der Waals surface area (Å²) in [5.74, 6) is -0.0256. The molecule has 0 aromatic heterocycles. The van der Waals surface area contributed by atoms with Crippen LogP contribution in [0.25, 0.3) is 0 Å². The van der Waals surface area contributed by atoms with Gasteiger partial charge in [0, 0.05) is 13.5 Å². The van der Waals surface area contributed by atoms with Crippen LogP contribution in [0.5, 0.6) is 0 Å². The van der Waals surface area contributed by atoms with Gasteiger partial charge >= 0.3 is 0 Å². The lowest BCUT2D eigenvalue weighted by Crippen LogP contribution is -2.24. The molecule has 0 N–H and O–H groups in total. The monoisotopic (exact) mass is 313 g/mol. The minimum Gasteiger partial charge on any atom is -0.275 e. The van der Waals surface area contributed by atoms with Crippen molar-refractivity contribution in [1.82, 2.24) is 5.06 Å². The third kappa shape index (κ3) is 27.1. The number of nitrogens with zero attached hydrogens (tertiary/aromatic N) is 1. The van der Waals surface area contributed by atoms with Gasteiger partial charge < -0.3 is 0 Å². The molecular formula is C19H39NO2. The van der Waals surface area contributed by atoms with Crippen molar-refractivity contribution < 1.29 is 9.63 Å². The van der Waals surface area contributed by atoms with Crippen LogP contribution in [0, 0.1) is 0 Å². The molecule has 1 amide bonds. The number of allylic oxidation sites excluding steroid dienone is 5. The average Bonchev–Trinajstić information content (AvgIpc) is 2.65. The van der Waals surface area contributed by atoms with E-state index in [4.69, 9.17) is 0 Å². The summed E-state index contributed by atoms with van der Waals surface area (Å²) in [5, 5.41) is 1.21. The van der Waals surface area contributed by atoms with Crippen molar-refractivity contribution in [3.05, 3.63) is 37.0 Å². The standard InChI is InChI=1S/C7H13NO2.C6H8.3C2H6/c1-4-5-6-7(9)8(2)10-3;1-2-4-6-5-3-1;3*1-2/h4H,1,5-6H2,2-3H3;1-4H,5-6H2;3*1-2H3. The fourth-order valence-electron chi connectivity index (χ4n) is 1.03. The van der Waals surface area contributed by atoms with E-state index in [1.807, 2.05) is 41.5 Å². The van der Waals surface area contributed by atoms with E-state index in [-0.39, 0.29) is 5.91 Å². The molecule has 0 saturated heterocycles. The molecule has 0 radical (unpaired) electrons. The zero-order valence-corrected chi connectivity index (χ0v) is 16.2. The summed E-state index contributed by atoms with van der Waals surface area (Å²) in [6, 6.07) is 0. The highest BCUT2D eigenvalue weighted by Gasteiger charge is 2.04. The Balaban J connectivity index is -0.000000115. The lowest BCUT2D eigenvalue weighted by atomic mass is 10.2. The van der Waals surface area contributed by atoms with Crippen LogP contribution in [0.4, 0.5) is 0 Å². The van der Waals surface area contributed by atoms with E-state index in [1.165, 1.54) is 25.0 Å². The predicted octanol–water partition coefficient (Wildman–Crippen LogP) is 5.94. The van der Waals surface area contributed by atoms with E-state index < -0.39 is 0 Å². The Morgan fingerprint density at radius 1 is 1.09 bits per heavy atom. The molecule has 1 rings (SSSR count). The van der Waals surface area contributed by atoms with Crippen molar-refractivity contribution in [2.24, 2.45) is 0 Å². The first-order valence-corrected chi connectivity index (χ1v) is 8.45. The maximum Gasteiger partial charge on any atom is 0.246 e. The molecule has 132 valence electrons. The fourth-order valence-corrected chi connectivity index (χ4v) is 1.03. The van der Waals surface area contributed by atoms with Crippen molar-refractivity contribution in [3.63, 3.8) is 0 Å². The van der Waals surface area contributed by atoms with Gasteiger partial charge in [-0.25, -0.2) is 5.06 Å². The van der Waals surface area contributed by atoms with Crippen LogP contribution < -0.4 is 0 Å². The molecule has 0 aromatic rings. The minimum absolute atomic E-state index is 0.0256. The first kappa shape index (κ1) is 28.8. The smallest absolute Gasteiger partial charge is 0.246 e. The van der Waals surface area contributed by atoms with Crippen molar-refractivity contribution in [1.29, 1.82) is 0 Å². The zero-order valence-electron chi connectivity index (χ0n) is 16.2. The van der Waals surface area contributed by atoms with Gasteiger partial charge in [0.25, 0.3) is 0 Å². The Morgan fingerprint density at radius 3 is 1.73 bits per heavy atom. The van der Waals surface area contributed by atoms with Crippen LogP contribution in [0.1, 0.15) is 67.2 Å². The van der Waals surface area contributed by atoms with Gasteiger partial charge in [-0.2, -0.15) is 0 Å². The molecule has 0 atom stereocenters. The number of amides is 1. The summed E-state index contributed by atoms with van der Waals surface area (Å²) >= 11 is 0. The maximum absolute atomic E-state index is 10.9. The largest absolute Gasteiger partial charge is 0.275 e. The lowest BCUT2D eigenvalue weighted by Gasteiger charge is -2.12. The minimum atomic E-state index is -0.0256. The summed E-state index contributed by atoms with van der Waals surface area (Å²) in [4.78, 5) is 15.5. The van der Waals surface area contributed by atoms with E-state index in [2.05, 4.69) is 35.7 Å². The molecule has 0 bridgehead atoms. The highest BCUT2D eigenvalue weighted by molar-refractivity contribution is 5.74. The molecule has 0 aromatic carbocycles. The van der Waals surface area contributed by atoms with E-state index >= 15 is 0 Å². The molecule has 22 heavy (non-hydrogen) atoms. The summed E-state index contributed by atoms with van der Waals surface area (Å²) in [6.07, 6.45) is 13.9. The number of rotatable bonds is 4. The van der Waals surface area contributed by atoms with E-state index in [0.717, 1.165) is 0 Å². The van der Waals surface area contributed by atoms with Crippen LogP contribution in [0.15, 0.2) is 37.0 Å². The van der Waals surface area contributed by atoms with Gasteiger partial charge in [-0.15, -0.1) is 6.58 Å². The van der Waals surface area contributed by atoms with Crippen molar-refractivity contribution in [2.45, 2.75) is 67.2 Å². The quantitative estimate of drug-likeness (QED) is 0.474. The molecule has 0 spiro atoms. The summed E-state index contributed by atoms with van der Waals surface area (Å²) in [5.41, 5.74) is 0. The second-order valence-corrected chi connectivity index (χ2v) is 3.33. The summed E-state index contributed by atoms with van der Waals surface area (Å²) in [7, 11) is 3.05. The van der Waals surface area contributed by atoms with Crippen molar-refractivity contribution in [3.8, 4) is 0 Å². The maximum atomic E-state index is 10.9. The number of hydrogen-bond donors (Lipinski definition) is 0. The summed E-state index contributed by atoms with van der Waals surface area (Å²) < 4.78 is 0. The van der Waals surface area contributed by atoms with E-state index in [9.17, 15) is 4.79 Å². The Hall–Kier alpha value is -1.35. The van der Waals surface area contributed by atoms with E-state index in [0.29, 0.717) is 12.8 Å². The molecule has 1 aliphatic rings. The Morgan fingerprint density at radius 2 is 1.50 bits per heavy atom.